The Morgan fingerprint density at radius 1 is 1.03 bits per heavy atom. The van der Waals surface area contributed by atoms with Crippen LogP contribution in [0, 0.1) is 0 Å². The first-order valence-corrected chi connectivity index (χ1v) is 12.5. The van der Waals surface area contributed by atoms with E-state index in [1.807, 2.05) is 32.9 Å². The predicted octanol–water partition coefficient (Wildman–Crippen LogP) is 5.91. The van der Waals surface area contributed by atoms with Crippen molar-refractivity contribution in [3.05, 3.63) is 53.6 Å². The maximum atomic E-state index is 12.5. The van der Waals surface area contributed by atoms with Crippen LogP contribution in [-0.4, -0.2) is 52.1 Å². The van der Waals surface area contributed by atoms with Crippen LogP contribution >= 0.6 is 0 Å². The molecule has 0 aromatic heterocycles. The molecule has 2 aromatic rings. The zero-order chi connectivity index (χ0) is 24.4. The van der Waals surface area contributed by atoms with Gasteiger partial charge in [0, 0.05) is 31.2 Å². The monoisotopic (exact) mass is 463 g/mol. The summed E-state index contributed by atoms with van der Waals surface area (Å²) in [6.07, 6.45) is 3.56. The van der Waals surface area contributed by atoms with Gasteiger partial charge in [0.2, 0.25) is 5.91 Å². The van der Waals surface area contributed by atoms with Crippen LogP contribution in [0.1, 0.15) is 70.5 Å². The van der Waals surface area contributed by atoms with E-state index < -0.39 is 6.09 Å². The third-order valence-corrected chi connectivity index (χ3v) is 7.25. The lowest BCUT2D eigenvalue weighted by atomic mass is 9.87. The SMILES string of the molecule is CC(=O)N1c2ccc(-c3ccc(CN4CCCCC4)cc3)cc2[C@H](N(C(=O)O)C(C)C)C[C@@H]1C. The Bertz CT molecular complexity index is 1030. The number of hydrogen-bond acceptors (Lipinski definition) is 3. The minimum atomic E-state index is -0.929. The molecule has 0 unspecified atom stereocenters. The second kappa shape index (κ2) is 10.2. The van der Waals surface area contributed by atoms with Gasteiger partial charge in [-0.25, -0.2) is 4.79 Å². The summed E-state index contributed by atoms with van der Waals surface area (Å²) in [5, 5.41) is 9.98. The first kappa shape index (κ1) is 24.3. The number of likely N-dealkylation sites (tertiary alicyclic amines) is 1. The third-order valence-electron chi connectivity index (χ3n) is 7.25. The van der Waals surface area contributed by atoms with E-state index in [2.05, 4.69) is 35.2 Å². The number of hydrogen-bond donors (Lipinski definition) is 1. The van der Waals surface area contributed by atoms with E-state index in [0.717, 1.165) is 28.9 Å². The molecular formula is C28H37N3O3. The van der Waals surface area contributed by atoms with Crippen LogP contribution in [0.4, 0.5) is 10.5 Å². The van der Waals surface area contributed by atoms with Crippen molar-refractivity contribution < 1.29 is 14.7 Å². The summed E-state index contributed by atoms with van der Waals surface area (Å²) in [5.74, 6) is -0.0200. The zero-order valence-electron chi connectivity index (χ0n) is 20.8. The van der Waals surface area contributed by atoms with E-state index in [0.29, 0.717) is 6.42 Å². The van der Waals surface area contributed by atoms with E-state index in [4.69, 9.17) is 0 Å². The van der Waals surface area contributed by atoms with Gasteiger partial charge in [-0.15, -0.1) is 0 Å². The normalized spacial score (nSPS) is 20.8. The van der Waals surface area contributed by atoms with Gasteiger partial charge in [0.15, 0.2) is 0 Å². The number of carboxylic acid groups (broad SMARTS) is 1. The van der Waals surface area contributed by atoms with Crippen molar-refractivity contribution >= 4 is 17.7 Å². The summed E-state index contributed by atoms with van der Waals surface area (Å²) >= 11 is 0. The number of anilines is 1. The number of rotatable bonds is 5. The number of fused-ring (bicyclic) bond motifs is 1. The van der Waals surface area contributed by atoms with Crippen LogP contribution in [0.5, 0.6) is 0 Å². The van der Waals surface area contributed by atoms with Gasteiger partial charge in [-0.3, -0.25) is 14.6 Å². The molecule has 182 valence electrons. The predicted molar refractivity (Wildman–Crippen MR) is 136 cm³/mol. The lowest BCUT2D eigenvalue weighted by Crippen LogP contribution is -2.48. The Morgan fingerprint density at radius 2 is 1.68 bits per heavy atom. The van der Waals surface area contributed by atoms with Crippen molar-refractivity contribution in [3.63, 3.8) is 0 Å². The molecule has 0 aliphatic carbocycles. The second-order valence-corrected chi connectivity index (χ2v) is 10.1. The van der Waals surface area contributed by atoms with Crippen LogP contribution in [0.15, 0.2) is 42.5 Å². The first-order valence-electron chi connectivity index (χ1n) is 12.5. The third kappa shape index (κ3) is 4.97. The number of amides is 2. The fourth-order valence-electron chi connectivity index (χ4n) is 5.65. The van der Waals surface area contributed by atoms with Crippen LogP contribution < -0.4 is 4.90 Å². The molecule has 0 bridgehead atoms. The van der Waals surface area contributed by atoms with Crippen LogP contribution in [0.25, 0.3) is 11.1 Å². The molecule has 1 saturated heterocycles. The maximum absolute atomic E-state index is 12.5. The highest BCUT2D eigenvalue weighted by molar-refractivity contribution is 5.94. The van der Waals surface area contributed by atoms with E-state index in [1.165, 1.54) is 42.8 Å². The smallest absolute Gasteiger partial charge is 0.408 e. The van der Waals surface area contributed by atoms with Crippen molar-refractivity contribution in [2.45, 2.75) is 78.0 Å². The number of carbonyl (C=O) groups is 2. The Balaban J connectivity index is 1.67. The maximum Gasteiger partial charge on any atom is 0.408 e. The summed E-state index contributed by atoms with van der Waals surface area (Å²) in [7, 11) is 0. The molecule has 0 saturated carbocycles. The van der Waals surface area contributed by atoms with Crippen molar-refractivity contribution in [2.24, 2.45) is 0 Å². The van der Waals surface area contributed by atoms with E-state index in [1.54, 1.807) is 11.8 Å². The Morgan fingerprint density at radius 3 is 2.26 bits per heavy atom. The second-order valence-electron chi connectivity index (χ2n) is 10.1. The quantitative estimate of drug-likeness (QED) is 0.598. The van der Waals surface area contributed by atoms with Crippen molar-refractivity contribution in [2.75, 3.05) is 18.0 Å². The molecule has 2 aliphatic rings. The average molecular weight is 464 g/mol. The molecule has 2 aromatic carbocycles. The molecule has 1 N–H and O–H groups in total. The molecule has 2 heterocycles. The molecular weight excluding hydrogens is 426 g/mol. The molecule has 2 atom stereocenters. The highest BCUT2D eigenvalue weighted by Crippen LogP contribution is 2.43. The molecule has 1 fully saturated rings. The van der Waals surface area contributed by atoms with Gasteiger partial charge < -0.3 is 10.0 Å². The molecule has 34 heavy (non-hydrogen) atoms. The number of carbonyl (C=O) groups excluding carboxylic acids is 1. The minimum Gasteiger partial charge on any atom is -0.465 e. The number of benzene rings is 2. The van der Waals surface area contributed by atoms with Gasteiger partial charge in [-0.2, -0.15) is 0 Å². The van der Waals surface area contributed by atoms with Crippen LogP contribution in [-0.2, 0) is 11.3 Å². The topological polar surface area (TPSA) is 64.1 Å². The van der Waals surface area contributed by atoms with Crippen LogP contribution in [0.3, 0.4) is 0 Å². The van der Waals surface area contributed by atoms with Crippen molar-refractivity contribution in [1.29, 1.82) is 0 Å². The van der Waals surface area contributed by atoms with Crippen molar-refractivity contribution in [1.82, 2.24) is 9.80 Å². The summed E-state index contributed by atoms with van der Waals surface area (Å²) in [6.45, 7) is 10.7. The first-order chi connectivity index (χ1) is 16.3. The average Bonchev–Trinajstić information content (AvgIpc) is 2.79. The lowest BCUT2D eigenvalue weighted by molar-refractivity contribution is -0.117. The molecule has 4 rings (SSSR count). The summed E-state index contributed by atoms with van der Waals surface area (Å²) in [5.41, 5.74) is 5.17. The van der Waals surface area contributed by atoms with Gasteiger partial charge in [-0.05, 0) is 87.5 Å². The van der Waals surface area contributed by atoms with E-state index >= 15 is 0 Å². The van der Waals surface area contributed by atoms with E-state index in [9.17, 15) is 14.7 Å². The number of piperidine rings is 1. The molecule has 2 amide bonds. The van der Waals surface area contributed by atoms with Gasteiger partial charge in [0.1, 0.15) is 0 Å². The standard InChI is InChI=1S/C28H37N3O3/c1-19(2)30(28(33)34)27-16-20(3)31(21(4)32)26-13-12-24(17-25(26)27)23-10-8-22(9-11-23)18-29-14-6-5-7-15-29/h8-13,17,19-20,27H,5-7,14-16,18H2,1-4H3,(H,33,34)/t20-,27+/m0/s1. The fourth-order valence-corrected chi connectivity index (χ4v) is 5.65. The molecule has 2 aliphatic heterocycles. The van der Waals surface area contributed by atoms with Gasteiger partial charge in [-0.1, -0.05) is 36.8 Å². The summed E-state index contributed by atoms with van der Waals surface area (Å²) < 4.78 is 0. The molecule has 6 nitrogen and oxygen atoms in total. The van der Waals surface area contributed by atoms with Gasteiger partial charge >= 0.3 is 6.09 Å². The highest BCUT2D eigenvalue weighted by atomic mass is 16.4. The number of nitrogens with zero attached hydrogens (tertiary/aromatic N) is 3. The molecule has 0 spiro atoms. The molecule has 6 heteroatoms. The largest absolute Gasteiger partial charge is 0.465 e. The Labute approximate surface area is 203 Å². The fraction of sp³-hybridized carbons (Fsp3) is 0.500. The van der Waals surface area contributed by atoms with Crippen LogP contribution in [0.2, 0.25) is 0 Å². The van der Waals surface area contributed by atoms with Gasteiger partial charge in [0.05, 0.1) is 6.04 Å². The Hall–Kier alpha value is -2.86. The lowest BCUT2D eigenvalue weighted by Gasteiger charge is -2.43. The van der Waals surface area contributed by atoms with Crippen molar-refractivity contribution in [3.8, 4) is 11.1 Å². The summed E-state index contributed by atoms with van der Waals surface area (Å²) in [4.78, 5) is 30.5. The zero-order valence-corrected chi connectivity index (χ0v) is 20.8. The van der Waals surface area contributed by atoms with E-state index in [-0.39, 0.29) is 24.0 Å². The highest BCUT2D eigenvalue weighted by Gasteiger charge is 2.38. The minimum absolute atomic E-state index is 0.0200. The molecule has 0 radical (unpaired) electrons. The summed E-state index contributed by atoms with van der Waals surface area (Å²) in [6, 6.07) is 14.3. The van der Waals surface area contributed by atoms with Gasteiger partial charge in [0.25, 0.3) is 0 Å². The Kier molecular flexibility index (Phi) is 7.27.